The average molecular weight is 327 g/mol. The fourth-order valence-corrected chi connectivity index (χ4v) is 2.20. The summed E-state index contributed by atoms with van der Waals surface area (Å²) in [7, 11) is 0. The average Bonchev–Trinajstić information content (AvgIpc) is 2.85. The van der Waals surface area contributed by atoms with Crippen LogP contribution >= 0.6 is 34.8 Å². The van der Waals surface area contributed by atoms with Crippen LogP contribution in [0.1, 0.15) is 0 Å². The molecule has 100 valence electrons. The Morgan fingerprint density at radius 2 is 1.80 bits per heavy atom. The molecular weight excluding hydrogens is 321 g/mol. The molecule has 0 spiro atoms. The van der Waals surface area contributed by atoms with Crippen LogP contribution in [0.25, 0.3) is 16.9 Å². The van der Waals surface area contributed by atoms with E-state index in [1.165, 1.54) is 6.33 Å². The van der Waals surface area contributed by atoms with Crippen LogP contribution in [-0.4, -0.2) is 25.0 Å². The molecule has 0 unspecified atom stereocenters. The minimum atomic E-state index is 0.298. The summed E-state index contributed by atoms with van der Waals surface area (Å²) in [6, 6.07) is 6.97. The summed E-state index contributed by atoms with van der Waals surface area (Å²) in [6.45, 7) is 0. The van der Waals surface area contributed by atoms with Gasteiger partial charge in [-0.1, -0.05) is 40.0 Å². The molecule has 2 aromatic heterocycles. The van der Waals surface area contributed by atoms with Crippen LogP contribution in [-0.2, 0) is 0 Å². The third kappa shape index (κ3) is 2.60. The fourth-order valence-electron chi connectivity index (χ4n) is 1.76. The highest BCUT2D eigenvalue weighted by Crippen LogP contribution is 2.29. The first-order chi connectivity index (χ1) is 9.63. The van der Waals surface area contributed by atoms with Crippen molar-refractivity contribution in [3.05, 3.63) is 52.1 Å². The van der Waals surface area contributed by atoms with E-state index in [9.17, 15) is 0 Å². The number of aromatic nitrogens is 5. The van der Waals surface area contributed by atoms with Gasteiger partial charge in [0, 0.05) is 16.7 Å². The summed E-state index contributed by atoms with van der Waals surface area (Å²) >= 11 is 17.7. The van der Waals surface area contributed by atoms with Gasteiger partial charge in [0.25, 0.3) is 0 Å². The van der Waals surface area contributed by atoms with E-state index < -0.39 is 0 Å². The second kappa shape index (κ2) is 5.36. The lowest BCUT2D eigenvalue weighted by molar-refractivity contribution is 0.804. The lowest BCUT2D eigenvalue weighted by Gasteiger charge is -2.09. The molecule has 0 fully saturated rings. The third-order valence-corrected chi connectivity index (χ3v) is 3.20. The first-order valence-electron chi connectivity index (χ1n) is 5.49. The molecule has 0 aliphatic heterocycles. The molecule has 0 saturated carbocycles. The van der Waals surface area contributed by atoms with Crippen LogP contribution in [0.15, 0.2) is 36.8 Å². The van der Waals surface area contributed by atoms with Gasteiger partial charge in [-0.25, -0.2) is 14.6 Å². The molecule has 8 heteroatoms. The SMILES string of the molecule is Clc1ccc(-n2cc(Cl)nn2)c(-c2cc(Cl)ncn2)c1. The zero-order valence-corrected chi connectivity index (χ0v) is 12.1. The molecule has 0 saturated heterocycles. The number of benzene rings is 1. The number of nitrogens with zero attached hydrogens (tertiary/aromatic N) is 5. The molecular formula is C12H6Cl3N5. The van der Waals surface area contributed by atoms with E-state index in [1.54, 1.807) is 35.1 Å². The van der Waals surface area contributed by atoms with Crippen LogP contribution in [0.4, 0.5) is 0 Å². The number of halogens is 3. The minimum Gasteiger partial charge on any atom is -0.236 e. The van der Waals surface area contributed by atoms with E-state index in [2.05, 4.69) is 20.3 Å². The van der Waals surface area contributed by atoms with E-state index in [0.717, 1.165) is 11.3 Å². The van der Waals surface area contributed by atoms with Crippen LogP contribution in [0, 0.1) is 0 Å². The summed E-state index contributed by atoms with van der Waals surface area (Å²) in [5.74, 6) is 0. The highest BCUT2D eigenvalue weighted by molar-refractivity contribution is 6.31. The first kappa shape index (κ1) is 13.3. The van der Waals surface area contributed by atoms with Gasteiger partial charge in [-0.3, -0.25) is 0 Å². The van der Waals surface area contributed by atoms with E-state index in [4.69, 9.17) is 34.8 Å². The van der Waals surface area contributed by atoms with Gasteiger partial charge in [-0.15, -0.1) is 5.10 Å². The predicted octanol–water partition coefficient (Wildman–Crippen LogP) is 3.68. The molecule has 1 aromatic carbocycles. The third-order valence-electron chi connectivity index (χ3n) is 2.58. The maximum Gasteiger partial charge on any atom is 0.171 e. The Kier molecular flexibility index (Phi) is 3.56. The molecule has 2 heterocycles. The Morgan fingerprint density at radius 3 is 2.50 bits per heavy atom. The van der Waals surface area contributed by atoms with E-state index in [0.29, 0.717) is 21.0 Å². The van der Waals surface area contributed by atoms with Crippen LogP contribution in [0.5, 0.6) is 0 Å². The molecule has 0 aliphatic carbocycles. The van der Waals surface area contributed by atoms with Crippen molar-refractivity contribution in [3.63, 3.8) is 0 Å². The van der Waals surface area contributed by atoms with Gasteiger partial charge < -0.3 is 0 Å². The van der Waals surface area contributed by atoms with Crippen molar-refractivity contribution in [2.24, 2.45) is 0 Å². The fraction of sp³-hybridized carbons (Fsp3) is 0. The van der Waals surface area contributed by atoms with Crippen molar-refractivity contribution in [3.8, 4) is 16.9 Å². The zero-order valence-electron chi connectivity index (χ0n) is 9.83. The number of hydrogen-bond acceptors (Lipinski definition) is 4. The molecule has 0 N–H and O–H groups in total. The largest absolute Gasteiger partial charge is 0.236 e. The monoisotopic (exact) mass is 325 g/mol. The van der Waals surface area contributed by atoms with Gasteiger partial charge >= 0.3 is 0 Å². The molecule has 0 bridgehead atoms. The van der Waals surface area contributed by atoms with Crippen molar-refractivity contribution in [1.29, 1.82) is 0 Å². The quantitative estimate of drug-likeness (QED) is 0.674. The topological polar surface area (TPSA) is 56.5 Å². The van der Waals surface area contributed by atoms with Crippen LogP contribution < -0.4 is 0 Å². The predicted molar refractivity (Wildman–Crippen MR) is 77.4 cm³/mol. The maximum absolute atomic E-state index is 6.05. The molecule has 0 amide bonds. The first-order valence-corrected chi connectivity index (χ1v) is 6.62. The Hall–Kier alpha value is -1.69. The number of hydrogen-bond donors (Lipinski definition) is 0. The Bertz CT molecular complexity index is 771. The lowest BCUT2D eigenvalue weighted by Crippen LogP contribution is -1.99. The van der Waals surface area contributed by atoms with Crippen molar-refractivity contribution in [2.45, 2.75) is 0 Å². The van der Waals surface area contributed by atoms with Gasteiger partial charge in [0.05, 0.1) is 17.6 Å². The van der Waals surface area contributed by atoms with Crippen molar-refractivity contribution < 1.29 is 0 Å². The van der Waals surface area contributed by atoms with Gasteiger partial charge in [0.2, 0.25) is 0 Å². The summed E-state index contributed by atoms with van der Waals surface area (Å²) in [5.41, 5.74) is 2.13. The Labute approximate surface area is 129 Å². The summed E-state index contributed by atoms with van der Waals surface area (Å²) in [5, 5.41) is 8.91. The van der Waals surface area contributed by atoms with Crippen molar-refractivity contribution in [2.75, 3.05) is 0 Å². The van der Waals surface area contributed by atoms with Gasteiger partial charge in [-0.05, 0) is 18.2 Å². The lowest BCUT2D eigenvalue weighted by atomic mass is 10.1. The summed E-state index contributed by atoms with van der Waals surface area (Å²) in [4.78, 5) is 8.05. The van der Waals surface area contributed by atoms with E-state index >= 15 is 0 Å². The molecule has 3 rings (SSSR count). The Balaban J connectivity index is 2.21. The second-order valence-electron chi connectivity index (χ2n) is 3.87. The molecule has 20 heavy (non-hydrogen) atoms. The minimum absolute atomic E-state index is 0.298. The highest BCUT2D eigenvalue weighted by Gasteiger charge is 2.11. The smallest absolute Gasteiger partial charge is 0.171 e. The van der Waals surface area contributed by atoms with Crippen molar-refractivity contribution >= 4 is 34.8 Å². The second-order valence-corrected chi connectivity index (χ2v) is 5.08. The zero-order chi connectivity index (χ0) is 14.1. The molecule has 5 nitrogen and oxygen atoms in total. The maximum atomic E-state index is 6.05. The highest BCUT2D eigenvalue weighted by atomic mass is 35.5. The molecule has 0 aliphatic rings. The van der Waals surface area contributed by atoms with Gasteiger partial charge in [0.15, 0.2) is 5.15 Å². The molecule has 0 radical (unpaired) electrons. The summed E-state index contributed by atoms with van der Waals surface area (Å²) < 4.78 is 1.55. The van der Waals surface area contributed by atoms with Crippen LogP contribution in [0.2, 0.25) is 15.3 Å². The number of rotatable bonds is 2. The van der Waals surface area contributed by atoms with Gasteiger partial charge in [-0.2, -0.15) is 0 Å². The molecule has 3 aromatic rings. The standard InChI is InChI=1S/C12H6Cl3N5/c13-7-1-2-10(20-5-12(15)18-19-20)8(3-7)9-4-11(14)17-6-16-9/h1-6H. The van der Waals surface area contributed by atoms with Crippen molar-refractivity contribution in [1.82, 2.24) is 25.0 Å². The normalized spacial score (nSPS) is 10.8. The van der Waals surface area contributed by atoms with Crippen LogP contribution in [0.3, 0.4) is 0 Å². The Morgan fingerprint density at radius 1 is 0.950 bits per heavy atom. The molecule has 0 atom stereocenters. The summed E-state index contributed by atoms with van der Waals surface area (Å²) in [6.07, 6.45) is 2.98. The van der Waals surface area contributed by atoms with E-state index in [-0.39, 0.29) is 0 Å². The van der Waals surface area contributed by atoms with Gasteiger partial charge in [0.1, 0.15) is 11.5 Å². The van der Waals surface area contributed by atoms with E-state index in [1.807, 2.05) is 0 Å².